The molecule has 0 bridgehead atoms. The fourth-order valence-electron chi connectivity index (χ4n) is 2.54. The van der Waals surface area contributed by atoms with Gasteiger partial charge in [-0.05, 0) is 23.7 Å². The van der Waals surface area contributed by atoms with E-state index in [0.717, 1.165) is 13.0 Å². The summed E-state index contributed by atoms with van der Waals surface area (Å²) < 4.78 is 0. The lowest BCUT2D eigenvalue weighted by Crippen LogP contribution is -2.31. The molecule has 2 aliphatic rings. The summed E-state index contributed by atoms with van der Waals surface area (Å²) in [4.78, 5) is 4.55. The van der Waals surface area contributed by atoms with E-state index in [1.165, 1.54) is 18.7 Å². The van der Waals surface area contributed by atoms with E-state index in [-0.39, 0.29) is 0 Å². The second-order valence-electron chi connectivity index (χ2n) is 5.81. The van der Waals surface area contributed by atoms with Gasteiger partial charge in [0.1, 0.15) is 0 Å². The minimum absolute atomic E-state index is 0.424. The molecule has 80 valence electrons. The molecule has 0 aromatic rings. The third-order valence-corrected chi connectivity index (χ3v) is 4.46. The minimum atomic E-state index is 0.424. The summed E-state index contributed by atoms with van der Waals surface area (Å²) in [5.41, 5.74) is 0.847. The molecule has 0 atom stereocenters. The highest BCUT2D eigenvalue weighted by Gasteiger charge is 2.65. The van der Waals surface area contributed by atoms with Crippen molar-refractivity contribution in [3.05, 3.63) is 0 Å². The summed E-state index contributed by atoms with van der Waals surface area (Å²) in [5, 5.41) is 3.62. The van der Waals surface area contributed by atoms with Gasteiger partial charge in [-0.3, -0.25) is 4.99 Å². The van der Waals surface area contributed by atoms with Crippen molar-refractivity contribution in [2.24, 2.45) is 15.8 Å². The molecule has 1 saturated carbocycles. The normalized spacial score (nSPS) is 29.6. The molecule has 2 heteroatoms. The van der Waals surface area contributed by atoms with Crippen molar-refractivity contribution in [1.82, 2.24) is 5.32 Å². The lowest BCUT2D eigenvalue weighted by molar-refractivity contribution is 0.457. The molecular formula is C12H22N2. The van der Waals surface area contributed by atoms with Gasteiger partial charge in [0, 0.05) is 19.0 Å². The van der Waals surface area contributed by atoms with E-state index in [4.69, 9.17) is 0 Å². The minimum Gasteiger partial charge on any atom is -0.370 e. The predicted molar refractivity (Wildman–Crippen MR) is 60.6 cm³/mol. The Morgan fingerprint density at radius 1 is 1.14 bits per heavy atom. The van der Waals surface area contributed by atoms with Gasteiger partial charge < -0.3 is 5.32 Å². The third-order valence-electron chi connectivity index (χ3n) is 4.46. The van der Waals surface area contributed by atoms with Crippen molar-refractivity contribution in [3.63, 3.8) is 0 Å². The smallest absolute Gasteiger partial charge is 0.0965 e. The van der Waals surface area contributed by atoms with Gasteiger partial charge in [-0.1, -0.05) is 27.7 Å². The lowest BCUT2D eigenvalue weighted by atomic mass is 10.0. The first-order valence-electron chi connectivity index (χ1n) is 5.76. The summed E-state index contributed by atoms with van der Waals surface area (Å²) >= 11 is 0. The van der Waals surface area contributed by atoms with Crippen LogP contribution in [0, 0.1) is 10.8 Å². The molecule has 0 amide bonds. The van der Waals surface area contributed by atoms with E-state index in [2.05, 4.69) is 38.0 Å². The summed E-state index contributed by atoms with van der Waals surface area (Å²) in [5.74, 6) is 1.25. The molecule has 0 aromatic heterocycles. The molecule has 1 N–H and O–H groups in total. The number of nitrogens with one attached hydrogen (secondary N) is 1. The fourth-order valence-corrected chi connectivity index (χ4v) is 2.54. The van der Waals surface area contributed by atoms with Gasteiger partial charge in [0.25, 0.3) is 0 Å². The van der Waals surface area contributed by atoms with Crippen LogP contribution in [0.1, 0.15) is 47.0 Å². The second kappa shape index (κ2) is 2.98. The first-order chi connectivity index (χ1) is 6.46. The van der Waals surface area contributed by atoms with Crippen LogP contribution in [0.25, 0.3) is 0 Å². The largest absolute Gasteiger partial charge is 0.370 e. The first-order valence-corrected chi connectivity index (χ1v) is 5.76. The van der Waals surface area contributed by atoms with Crippen LogP contribution in [0.2, 0.25) is 0 Å². The van der Waals surface area contributed by atoms with Crippen molar-refractivity contribution in [1.29, 1.82) is 0 Å². The molecule has 1 aliphatic heterocycles. The maximum absolute atomic E-state index is 4.55. The highest BCUT2D eigenvalue weighted by atomic mass is 15.1. The second-order valence-corrected chi connectivity index (χ2v) is 5.81. The van der Waals surface area contributed by atoms with Crippen LogP contribution in [0.4, 0.5) is 0 Å². The molecule has 0 saturated heterocycles. The molecule has 0 unspecified atom stereocenters. The molecule has 1 aliphatic carbocycles. The predicted octanol–water partition coefficient (Wildman–Crippen LogP) is 2.59. The average molecular weight is 194 g/mol. The van der Waals surface area contributed by atoms with Gasteiger partial charge in [0.2, 0.25) is 0 Å². The molecular weight excluding hydrogens is 172 g/mol. The van der Waals surface area contributed by atoms with E-state index in [0.29, 0.717) is 16.9 Å². The zero-order valence-electron chi connectivity index (χ0n) is 9.85. The lowest BCUT2D eigenvalue weighted by Gasteiger charge is -2.15. The standard InChI is InChI=1S/C12H22N2/c1-11(2)10(12(11,3)4)14-9-7-5-6-8-13-9/h10H,5-8H2,1-4H3,(H,13,14). The monoisotopic (exact) mass is 194 g/mol. The van der Waals surface area contributed by atoms with Gasteiger partial charge in [0.05, 0.1) is 5.84 Å². The topological polar surface area (TPSA) is 24.4 Å². The SMILES string of the molecule is CC1(C)C(NC2=NCCCC2)C1(C)C. The number of amidine groups is 1. The molecule has 14 heavy (non-hydrogen) atoms. The van der Waals surface area contributed by atoms with Crippen LogP contribution in [-0.4, -0.2) is 18.4 Å². The summed E-state index contributed by atoms with van der Waals surface area (Å²) in [6, 6.07) is 0.617. The van der Waals surface area contributed by atoms with Crippen molar-refractivity contribution >= 4 is 5.84 Å². The third kappa shape index (κ3) is 1.35. The molecule has 1 heterocycles. The van der Waals surface area contributed by atoms with Crippen molar-refractivity contribution in [3.8, 4) is 0 Å². The quantitative estimate of drug-likeness (QED) is 0.681. The van der Waals surface area contributed by atoms with Gasteiger partial charge in [-0.25, -0.2) is 0 Å². The molecule has 2 nitrogen and oxygen atoms in total. The van der Waals surface area contributed by atoms with Crippen LogP contribution in [-0.2, 0) is 0 Å². The van der Waals surface area contributed by atoms with Gasteiger partial charge >= 0.3 is 0 Å². The number of rotatable bonds is 1. The summed E-state index contributed by atoms with van der Waals surface area (Å²) in [7, 11) is 0. The Kier molecular flexibility index (Phi) is 2.13. The van der Waals surface area contributed by atoms with E-state index in [1.807, 2.05) is 0 Å². The summed E-state index contributed by atoms with van der Waals surface area (Å²) in [6.07, 6.45) is 3.73. The number of aliphatic imine (C=N–C) groups is 1. The summed E-state index contributed by atoms with van der Waals surface area (Å²) in [6.45, 7) is 10.4. The van der Waals surface area contributed by atoms with Crippen molar-refractivity contribution in [2.45, 2.75) is 53.0 Å². The molecule has 0 spiro atoms. The van der Waals surface area contributed by atoms with E-state index < -0.39 is 0 Å². The zero-order chi connectivity index (χ0) is 10.4. The zero-order valence-corrected chi connectivity index (χ0v) is 9.85. The van der Waals surface area contributed by atoms with Crippen molar-refractivity contribution in [2.75, 3.05) is 6.54 Å². The maximum Gasteiger partial charge on any atom is 0.0965 e. The van der Waals surface area contributed by atoms with E-state index >= 15 is 0 Å². The Balaban J connectivity index is 1.97. The molecule has 0 aromatic carbocycles. The van der Waals surface area contributed by atoms with Crippen LogP contribution < -0.4 is 5.32 Å². The molecule has 2 rings (SSSR count). The van der Waals surface area contributed by atoms with Crippen molar-refractivity contribution < 1.29 is 0 Å². The van der Waals surface area contributed by atoms with E-state index in [1.54, 1.807) is 0 Å². The Hall–Kier alpha value is -0.530. The molecule has 1 fully saturated rings. The van der Waals surface area contributed by atoms with E-state index in [9.17, 15) is 0 Å². The van der Waals surface area contributed by atoms with Gasteiger partial charge in [-0.2, -0.15) is 0 Å². The maximum atomic E-state index is 4.55. The highest BCUT2D eigenvalue weighted by Crippen LogP contribution is 2.62. The van der Waals surface area contributed by atoms with Crippen LogP contribution in [0.3, 0.4) is 0 Å². The number of hydrogen-bond acceptors (Lipinski definition) is 2. The number of nitrogens with zero attached hydrogens (tertiary/aromatic N) is 1. The van der Waals surface area contributed by atoms with Crippen LogP contribution in [0.5, 0.6) is 0 Å². The molecule has 0 radical (unpaired) electrons. The average Bonchev–Trinajstić information content (AvgIpc) is 2.50. The van der Waals surface area contributed by atoms with Crippen LogP contribution >= 0.6 is 0 Å². The van der Waals surface area contributed by atoms with Gasteiger partial charge in [-0.15, -0.1) is 0 Å². The Labute approximate surface area is 87.2 Å². The highest BCUT2D eigenvalue weighted by molar-refractivity contribution is 5.83. The van der Waals surface area contributed by atoms with Crippen LogP contribution in [0.15, 0.2) is 4.99 Å². The Morgan fingerprint density at radius 2 is 1.79 bits per heavy atom. The first kappa shape index (κ1) is 10.0. The number of hydrogen-bond donors (Lipinski definition) is 1. The Bertz CT molecular complexity index is 249. The fraction of sp³-hybridized carbons (Fsp3) is 0.917. The van der Waals surface area contributed by atoms with Gasteiger partial charge in [0.15, 0.2) is 0 Å². The Morgan fingerprint density at radius 3 is 2.21 bits per heavy atom.